The summed E-state index contributed by atoms with van der Waals surface area (Å²) in [5.74, 6) is 1.10. The van der Waals surface area contributed by atoms with Gasteiger partial charge in [-0.15, -0.1) is 0 Å². The van der Waals surface area contributed by atoms with Gasteiger partial charge in [-0.05, 0) is 57.0 Å². The van der Waals surface area contributed by atoms with Gasteiger partial charge in [-0.25, -0.2) is 0 Å². The number of benzene rings is 2. The van der Waals surface area contributed by atoms with Crippen LogP contribution in [0.25, 0.3) is 11.0 Å². The van der Waals surface area contributed by atoms with E-state index in [1.54, 1.807) is 11.0 Å². The summed E-state index contributed by atoms with van der Waals surface area (Å²) < 4.78 is 23.2. The van der Waals surface area contributed by atoms with Crippen LogP contribution in [0.2, 0.25) is 0 Å². The van der Waals surface area contributed by atoms with E-state index in [4.69, 9.17) is 18.6 Å². The van der Waals surface area contributed by atoms with Crippen LogP contribution in [-0.2, 0) is 4.74 Å². The number of carbonyl (C=O) groups is 1. The van der Waals surface area contributed by atoms with Gasteiger partial charge in [0.05, 0.1) is 43.4 Å². The third-order valence-electron chi connectivity index (χ3n) is 6.98. The van der Waals surface area contributed by atoms with E-state index in [-0.39, 0.29) is 17.1 Å². The van der Waals surface area contributed by atoms with Crippen LogP contribution in [0, 0.1) is 6.92 Å². The fourth-order valence-electron chi connectivity index (χ4n) is 5.24. The number of aryl methyl sites for hydroxylation is 1. The average Bonchev–Trinajstić information content (AvgIpc) is 3.18. The number of hydrogen-bond acceptors (Lipinski definition) is 7. The number of morpholine rings is 1. The van der Waals surface area contributed by atoms with Crippen molar-refractivity contribution < 1.29 is 23.4 Å². The van der Waals surface area contributed by atoms with Gasteiger partial charge >= 0.3 is 0 Å². The fourth-order valence-corrected chi connectivity index (χ4v) is 5.24. The highest BCUT2D eigenvalue weighted by Gasteiger charge is 2.42. The Hall–Kier alpha value is -3.36. The summed E-state index contributed by atoms with van der Waals surface area (Å²) in [7, 11) is 0. The standard InChI is InChI=1S/C29H34N2O6/c1-4-35-23-10-8-20(18-24(23)36-5-2)26-25-27(32)21-17-19(3)7-9-22(21)37-28(25)29(33)31(26)12-6-11-30-13-15-34-16-14-30/h7-10,17-18,26H,4-6,11-16H2,1-3H3/t26-/m1/s1. The van der Waals surface area contributed by atoms with Gasteiger partial charge in [-0.3, -0.25) is 14.5 Å². The maximum atomic E-state index is 13.8. The Morgan fingerprint density at radius 1 is 0.946 bits per heavy atom. The van der Waals surface area contributed by atoms with E-state index in [9.17, 15) is 9.59 Å². The monoisotopic (exact) mass is 506 g/mol. The predicted octanol–water partition coefficient (Wildman–Crippen LogP) is 4.17. The number of ether oxygens (including phenoxy) is 3. The quantitative estimate of drug-likeness (QED) is 0.431. The third kappa shape index (κ3) is 4.95. The molecule has 2 aliphatic rings. The van der Waals surface area contributed by atoms with Crippen molar-refractivity contribution in [3.05, 3.63) is 69.1 Å². The lowest BCUT2D eigenvalue weighted by Gasteiger charge is -2.29. The van der Waals surface area contributed by atoms with Crippen LogP contribution in [0.3, 0.4) is 0 Å². The predicted molar refractivity (Wildman–Crippen MR) is 141 cm³/mol. The highest BCUT2D eigenvalue weighted by molar-refractivity contribution is 5.99. The Balaban J connectivity index is 1.57. The molecule has 1 aromatic heterocycles. The summed E-state index contributed by atoms with van der Waals surface area (Å²) in [6.07, 6.45) is 0.776. The lowest BCUT2D eigenvalue weighted by atomic mass is 9.97. The second-order valence-electron chi connectivity index (χ2n) is 9.45. The summed E-state index contributed by atoms with van der Waals surface area (Å²) in [4.78, 5) is 31.7. The molecule has 0 bridgehead atoms. The van der Waals surface area contributed by atoms with Crippen molar-refractivity contribution in [2.45, 2.75) is 33.2 Å². The smallest absolute Gasteiger partial charge is 0.290 e. The lowest BCUT2D eigenvalue weighted by Crippen LogP contribution is -2.38. The second kappa shape index (κ2) is 10.9. The molecule has 0 spiro atoms. The van der Waals surface area contributed by atoms with Gasteiger partial charge in [-0.1, -0.05) is 17.7 Å². The van der Waals surface area contributed by atoms with Crippen molar-refractivity contribution in [1.29, 1.82) is 0 Å². The van der Waals surface area contributed by atoms with Gasteiger partial charge in [0, 0.05) is 26.2 Å². The van der Waals surface area contributed by atoms with E-state index >= 15 is 0 Å². The zero-order valence-corrected chi connectivity index (χ0v) is 21.7. The molecule has 1 amide bonds. The Bertz CT molecular complexity index is 1340. The van der Waals surface area contributed by atoms with E-state index < -0.39 is 6.04 Å². The number of hydrogen-bond donors (Lipinski definition) is 0. The van der Waals surface area contributed by atoms with Crippen molar-refractivity contribution in [1.82, 2.24) is 9.80 Å². The molecule has 0 saturated carbocycles. The zero-order chi connectivity index (χ0) is 25.9. The van der Waals surface area contributed by atoms with Crippen molar-refractivity contribution in [2.24, 2.45) is 0 Å². The van der Waals surface area contributed by atoms with Gasteiger partial charge in [-0.2, -0.15) is 0 Å². The molecule has 0 unspecified atom stereocenters. The first-order valence-electron chi connectivity index (χ1n) is 13.1. The third-order valence-corrected chi connectivity index (χ3v) is 6.98. The SMILES string of the molecule is CCOc1ccc([C@@H]2c3c(oc4ccc(C)cc4c3=O)C(=O)N2CCCN2CCOCC2)cc1OCC. The van der Waals surface area contributed by atoms with Crippen LogP contribution in [0.5, 0.6) is 11.5 Å². The number of rotatable bonds is 9. The van der Waals surface area contributed by atoms with Gasteiger partial charge in [0.15, 0.2) is 16.9 Å². The van der Waals surface area contributed by atoms with Gasteiger partial charge in [0.2, 0.25) is 5.76 Å². The number of carbonyl (C=O) groups excluding carboxylic acids is 1. The molecule has 0 radical (unpaired) electrons. The molecule has 3 aromatic rings. The maximum absolute atomic E-state index is 13.8. The van der Waals surface area contributed by atoms with Crippen molar-refractivity contribution in [3.8, 4) is 11.5 Å². The Kier molecular flexibility index (Phi) is 7.48. The summed E-state index contributed by atoms with van der Waals surface area (Å²) in [5.41, 5.74) is 2.41. The van der Waals surface area contributed by atoms with E-state index in [0.29, 0.717) is 47.8 Å². The molecule has 0 aliphatic carbocycles. The number of amides is 1. The van der Waals surface area contributed by atoms with Crippen LogP contribution in [0.1, 0.15) is 53.6 Å². The largest absolute Gasteiger partial charge is 0.490 e. The number of nitrogens with zero attached hydrogens (tertiary/aromatic N) is 2. The zero-order valence-electron chi connectivity index (χ0n) is 21.7. The molecule has 37 heavy (non-hydrogen) atoms. The molecule has 8 nitrogen and oxygen atoms in total. The molecule has 3 heterocycles. The minimum atomic E-state index is -0.566. The summed E-state index contributed by atoms with van der Waals surface area (Å²) in [6.45, 7) is 11.3. The first kappa shape index (κ1) is 25.3. The van der Waals surface area contributed by atoms with Gasteiger partial charge < -0.3 is 23.5 Å². The highest BCUT2D eigenvalue weighted by Crippen LogP contribution is 2.41. The topological polar surface area (TPSA) is 81.5 Å². The minimum Gasteiger partial charge on any atom is -0.490 e. The molecular formula is C29H34N2O6. The van der Waals surface area contributed by atoms with Crippen LogP contribution < -0.4 is 14.9 Å². The molecule has 5 rings (SSSR count). The fraction of sp³-hybridized carbons (Fsp3) is 0.448. The molecule has 0 N–H and O–H groups in total. The lowest BCUT2D eigenvalue weighted by molar-refractivity contribution is 0.0353. The Labute approximate surface area is 216 Å². The van der Waals surface area contributed by atoms with Crippen LogP contribution >= 0.6 is 0 Å². The second-order valence-corrected chi connectivity index (χ2v) is 9.45. The maximum Gasteiger partial charge on any atom is 0.290 e. The molecular weight excluding hydrogens is 472 g/mol. The van der Waals surface area contributed by atoms with E-state index in [0.717, 1.165) is 50.4 Å². The first-order chi connectivity index (χ1) is 18.0. The molecule has 1 saturated heterocycles. The highest BCUT2D eigenvalue weighted by atomic mass is 16.5. The number of fused-ring (bicyclic) bond motifs is 2. The first-order valence-corrected chi connectivity index (χ1v) is 13.1. The van der Waals surface area contributed by atoms with E-state index in [1.165, 1.54) is 0 Å². The Morgan fingerprint density at radius 2 is 1.70 bits per heavy atom. The summed E-state index contributed by atoms with van der Waals surface area (Å²) >= 11 is 0. The van der Waals surface area contributed by atoms with Gasteiger partial charge in [0.25, 0.3) is 5.91 Å². The average molecular weight is 507 g/mol. The summed E-state index contributed by atoms with van der Waals surface area (Å²) in [5, 5.41) is 0.489. The molecule has 2 aliphatic heterocycles. The Morgan fingerprint density at radius 3 is 2.46 bits per heavy atom. The van der Waals surface area contributed by atoms with Crippen LogP contribution in [0.15, 0.2) is 45.6 Å². The van der Waals surface area contributed by atoms with E-state index in [1.807, 2.05) is 51.1 Å². The summed E-state index contributed by atoms with van der Waals surface area (Å²) in [6, 6.07) is 10.6. The van der Waals surface area contributed by atoms with Crippen molar-refractivity contribution in [2.75, 3.05) is 52.6 Å². The van der Waals surface area contributed by atoms with Gasteiger partial charge in [0.1, 0.15) is 5.58 Å². The van der Waals surface area contributed by atoms with Crippen LogP contribution in [0.4, 0.5) is 0 Å². The van der Waals surface area contributed by atoms with Crippen molar-refractivity contribution >= 4 is 16.9 Å². The van der Waals surface area contributed by atoms with Crippen molar-refractivity contribution in [3.63, 3.8) is 0 Å². The molecule has 8 heteroatoms. The molecule has 1 fully saturated rings. The minimum absolute atomic E-state index is 0.129. The molecule has 196 valence electrons. The van der Waals surface area contributed by atoms with E-state index in [2.05, 4.69) is 4.90 Å². The normalized spacial score (nSPS) is 17.9. The molecule has 1 atom stereocenters. The molecule has 2 aromatic carbocycles. The van der Waals surface area contributed by atoms with Crippen LogP contribution in [-0.4, -0.2) is 68.3 Å².